The van der Waals surface area contributed by atoms with E-state index in [0.717, 1.165) is 71.4 Å². The van der Waals surface area contributed by atoms with E-state index in [-0.39, 0.29) is 18.1 Å². The van der Waals surface area contributed by atoms with E-state index >= 15 is 0 Å². The van der Waals surface area contributed by atoms with Gasteiger partial charge in [-0.05, 0) is 80.0 Å². The van der Waals surface area contributed by atoms with Gasteiger partial charge in [0, 0.05) is 50.1 Å². The van der Waals surface area contributed by atoms with Crippen molar-refractivity contribution in [1.29, 1.82) is 0 Å². The molecule has 3 heterocycles. The number of benzene rings is 2. The van der Waals surface area contributed by atoms with Gasteiger partial charge >= 0.3 is 5.97 Å². The van der Waals surface area contributed by atoms with Crippen molar-refractivity contribution in [2.24, 2.45) is 12.5 Å². The topological polar surface area (TPSA) is 93.4 Å². The van der Waals surface area contributed by atoms with E-state index in [1.54, 1.807) is 10.9 Å². The van der Waals surface area contributed by atoms with Crippen LogP contribution >= 0.6 is 0 Å². The summed E-state index contributed by atoms with van der Waals surface area (Å²) in [5.74, 6) is -0.258. The van der Waals surface area contributed by atoms with Gasteiger partial charge in [-0.15, -0.1) is 5.10 Å². The van der Waals surface area contributed by atoms with E-state index in [9.17, 15) is 9.90 Å². The molecule has 2 aromatic carbocycles. The maximum absolute atomic E-state index is 12.7. The molecule has 6 rings (SSSR count). The van der Waals surface area contributed by atoms with Gasteiger partial charge in [-0.25, -0.2) is 4.68 Å². The molecule has 3 atom stereocenters. The van der Waals surface area contributed by atoms with Crippen LogP contribution in [0.15, 0.2) is 48.8 Å². The minimum Gasteiger partial charge on any atom is -0.489 e. The quantitative estimate of drug-likeness (QED) is 0.342. The molecule has 1 N–H and O–H groups in total. The van der Waals surface area contributed by atoms with Gasteiger partial charge in [0.25, 0.3) is 0 Å². The summed E-state index contributed by atoms with van der Waals surface area (Å²) in [4.78, 5) is 19.6. The number of nitrogens with zero attached hydrogens (tertiary/aromatic N) is 5. The third-order valence-corrected chi connectivity index (χ3v) is 9.07. The molecule has 1 aliphatic heterocycles. The van der Waals surface area contributed by atoms with Gasteiger partial charge in [-0.3, -0.25) is 14.7 Å². The molecule has 0 radical (unpaired) electrons. The third kappa shape index (κ3) is 4.35. The Morgan fingerprint density at radius 3 is 2.80 bits per heavy atom. The maximum atomic E-state index is 12.7. The molecule has 8 heteroatoms. The van der Waals surface area contributed by atoms with Gasteiger partial charge < -0.3 is 9.84 Å². The summed E-state index contributed by atoms with van der Waals surface area (Å²) < 4.78 is 8.12. The summed E-state index contributed by atoms with van der Waals surface area (Å²) in [5, 5.41) is 19.0. The number of hydrogen-bond acceptors (Lipinski definition) is 6. The van der Waals surface area contributed by atoms with Crippen LogP contribution < -0.4 is 4.74 Å². The van der Waals surface area contributed by atoms with Crippen molar-refractivity contribution in [2.45, 2.75) is 71.6 Å². The number of fused-ring (bicyclic) bond motifs is 3. The Kier molecular flexibility index (Phi) is 6.61. The van der Waals surface area contributed by atoms with Crippen LogP contribution in [0, 0.1) is 12.3 Å². The van der Waals surface area contributed by atoms with Crippen molar-refractivity contribution in [1.82, 2.24) is 24.9 Å². The standard InChI is InChI=1S/C32H37N5O3/c1-6-23-18-37(17-22-16-33-14-13-28(22)40-23)26-11-9-20-7-8-21(15-25(20)26)29(32(3,4)31(38)39)24-10-12-27-30(19(24)2)34-35-36(27)5/h7-8,10,12-16,23,26,29H,6,9,11,17-18H2,1-5H3,(H,38,39)/t23-,26-,29+/m1/s1. The molecule has 0 spiro atoms. The van der Waals surface area contributed by atoms with Gasteiger partial charge in [0.2, 0.25) is 0 Å². The molecule has 208 valence electrons. The van der Waals surface area contributed by atoms with Gasteiger partial charge in [0.05, 0.1) is 10.9 Å². The second kappa shape index (κ2) is 10.0. The zero-order valence-electron chi connectivity index (χ0n) is 23.9. The Hall–Kier alpha value is -3.78. The number of ether oxygens (including phenoxy) is 1. The Morgan fingerprint density at radius 1 is 1.20 bits per heavy atom. The second-order valence-corrected chi connectivity index (χ2v) is 11.9. The monoisotopic (exact) mass is 539 g/mol. The van der Waals surface area contributed by atoms with E-state index in [1.807, 2.05) is 46.1 Å². The molecule has 2 aliphatic rings. The van der Waals surface area contributed by atoms with Crippen LogP contribution in [0.4, 0.5) is 0 Å². The highest BCUT2D eigenvalue weighted by atomic mass is 16.5. The molecular weight excluding hydrogens is 502 g/mol. The number of aliphatic carboxylic acids is 1. The zero-order chi connectivity index (χ0) is 28.2. The highest BCUT2D eigenvalue weighted by Crippen LogP contribution is 2.46. The van der Waals surface area contributed by atoms with Crippen LogP contribution in [-0.4, -0.2) is 48.6 Å². The lowest BCUT2D eigenvalue weighted by Crippen LogP contribution is -2.35. The van der Waals surface area contributed by atoms with E-state index < -0.39 is 11.4 Å². The Labute approximate surface area is 235 Å². The second-order valence-electron chi connectivity index (χ2n) is 11.9. The first-order chi connectivity index (χ1) is 19.2. The minimum absolute atomic E-state index is 0.107. The molecule has 8 nitrogen and oxygen atoms in total. The molecule has 0 amide bonds. The molecule has 1 aliphatic carbocycles. The first kappa shape index (κ1) is 26.4. The van der Waals surface area contributed by atoms with Crippen molar-refractivity contribution < 1.29 is 14.6 Å². The average molecular weight is 540 g/mol. The van der Waals surface area contributed by atoms with E-state index in [2.05, 4.69) is 51.4 Å². The number of aromatic nitrogens is 4. The lowest BCUT2D eigenvalue weighted by atomic mass is 9.69. The molecule has 40 heavy (non-hydrogen) atoms. The molecule has 0 saturated carbocycles. The number of carboxylic acids is 1. The smallest absolute Gasteiger partial charge is 0.310 e. The summed E-state index contributed by atoms with van der Waals surface area (Å²) in [6, 6.07) is 12.9. The van der Waals surface area contributed by atoms with Crippen LogP contribution in [0.2, 0.25) is 0 Å². The van der Waals surface area contributed by atoms with Crippen molar-refractivity contribution in [3.63, 3.8) is 0 Å². The number of carbonyl (C=O) groups is 1. The highest BCUT2D eigenvalue weighted by Gasteiger charge is 2.41. The van der Waals surface area contributed by atoms with Crippen LogP contribution in [0.1, 0.15) is 79.0 Å². The fourth-order valence-corrected chi connectivity index (χ4v) is 6.69. The number of rotatable bonds is 6. The number of aryl methyl sites for hydroxylation is 3. The Balaban J connectivity index is 1.44. The first-order valence-electron chi connectivity index (χ1n) is 14.2. The predicted molar refractivity (Wildman–Crippen MR) is 153 cm³/mol. The lowest BCUT2D eigenvalue weighted by molar-refractivity contribution is -0.147. The van der Waals surface area contributed by atoms with Gasteiger partial charge in [0.1, 0.15) is 17.4 Å². The van der Waals surface area contributed by atoms with E-state index in [0.29, 0.717) is 0 Å². The predicted octanol–water partition coefficient (Wildman–Crippen LogP) is 5.57. The van der Waals surface area contributed by atoms with Crippen molar-refractivity contribution in [3.8, 4) is 5.75 Å². The molecule has 0 unspecified atom stereocenters. The summed E-state index contributed by atoms with van der Waals surface area (Å²) in [6.45, 7) is 9.47. The Morgan fingerprint density at radius 2 is 2.02 bits per heavy atom. The number of carboxylic acid groups (broad SMARTS) is 1. The number of hydrogen-bond donors (Lipinski definition) is 1. The molecule has 0 bridgehead atoms. The number of pyridine rings is 1. The lowest BCUT2D eigenvalue weighted by Gasteiger charge is -2.34. The highest BCUT2D eigenvalue weighted by molar-refractivity contribution is 5.81. The van der Waals surface area contributed by atoms with Crippen LogP contribution in [-0.2, 0) is 24.8 Å². The largest absolute Gasteiger partial charge is 0.489 e. The van der Waals surface area contributed by atoms with Gasteiger partial charge in [-0.1, -0.05) is 36.4 Å². The van der Waals surface area contributed by atoms with Crippen molar-refractivity contribution in [3.05, 3.63) is 82.2 Å². The van der Waals surface area contributed by atoms with E-state index in [1.165, 1.54) is 11.1 Å². The molecule has 4 aromatic rings. The van der Waals surface area contributed by atoms with Crippen LogP contribution in [0.25, 0.3) is 11.0 Å². The van der Waals surface area contributed by atoms with Crippen LogP contribution in [0.5, 0.6) is 5.75 Å². The Bertz CT molecular complexity index is 1590. The average Bonchev–Trinajstić information content (AvgIpc) is 3.47. The minimum atomic E-state index is -1.04. The summed E-state index contributed by atoms with van der Waals surface area (Å²) in [5.41, 5.74) is 7.42. The van der Waals surface area contributed by atoms with Gasteiger partial charge in [0.15, 0.2) is 0 Å². The van der Waals surface area contributed by atoms with Crippen molar-refractivity contribution in [2.75, 3.05) is 6.54 Å². The zero-order valence-corrected chi connectivity index (χ0v) is 23.9. The fraction of sp³-hybridized carbons (Fsp3) is 0.438. The first-order valence-corrected chi connectivity index (χ1v) is 14.2. The van der Waals surface area contributed by atoms with Crippen LogP contribution in [0.3, 0.4) is 0 Å². The van der Waals surface area contributed by atoms with E-state index in [4.69, 9.17) is 4.74 Å². The normalized spacial score (nSPS) is 20.0. The van der Waals surface area contributed by atoms with Gasteiger partial charge in [-0.2, -0.15) is 0 Å². The molecule has 0 fully saturated rings. The SMILES string of the molecule is CC[C@@H]1CN([C@@H]2CCc3ccc([C@@H](c4ccc5c(nnn5C)c4C)C(C)(C)C(=O)O)cc32)Cc2cnccc2O1. The fourth-order valence-electron chi connectivity index (χ4n) is 6.69. The summed E-state index contributed by atoms with van der Waals surface area (Å²) >= 11 is 0. The molecular formula is C32H37N5O3. The van der Waals surface area contributed by atoms with Crippen molar-refractivity contribution >= 4 is 17.0 Å². The summed E-state index contributed by atoms with van der Waals surface area (Å²) in [6.07, 6.45) is 6.79. The molecule has 2 aromatic heterocycles. The molecule has 0 saturated heterocycles. The summed E-state index contributed by atoms with van der Waals surface area (Å²) in [7, 11) is 1.87. The third-order valence-electron chi connectivity index (χ3n) is 9.07. The maximum Gasteiger partial charge on any atom is 0.310 e.